The van der Waals surface area contributed by atoms with E-state index in [-0.39, 0.29) is 10.9 Å². The van der Waals surface area contributed by atoms with Crippen LogP contribution in [0.2, 0.25) is 0 Å². The molecule has 0 unspecified atom stereocenters. The maximum Gasteiger partial charge on any atom is 0.240 e. The lowest BCUT2D eigenvalue weighted by Crippen LogP contribution is -2.49. The Kier molecular flexibility index (Phi) is 6.52. The molecule has 0 saturated carbocycles. The molecule has 2 rings (SSSR count). The van der Waals surface area contributed by atoms with Crippen LogP contribution in [0.5, 0.6) is 0 Å². The highest BCUT2D eigenvalue weighted by Crippen LogP contribution is 2.15. The second-order valence-electron chi connectivity index (χ2n) is 6.24. The van der Waals surface area contributed by atoms with Gasteiger partial charge >= 0.3 is 0 Å². The van der Waals surface area contributed by atoms with Gasteiger partial charge in [-0.25, -0.2) is 17.5 Å². The molecule has 0 spiro atoms. The quantitative estimate of drug-likeness (QED) is 0.820. The van der Waals surface area contributed by atoms with Gasteiger partial charge in [-0.2, -0.15) is 0 Å². The van der Waals surface area contributed by atoms with Crippen molar-refractivity contribution in [3.05, 3.63) is 30.1 Å². The van der Waals surface area contributed by atoms with E-state index in [0.717, 1.165) is 25.6 Å². The number of ether oxygens (including phenoxy) is 1. The van der Waals surface area contributed by atoms with Gasteiger partial charge < -0.3 is 4.74 Å². The molecule has 0 radical (unpaired) electrons. The molecule has 0 bridgehead atoms. The summed E-state index contributed by atoms with van der Waals surface area (Å²) in [6.45, 7) is 7.51. The van der Waals surface area contributed by atoms with E-state index >= 15 is 0 Å². The van der Waals surface area contributed by atoms with Gasteiger partial charge in [0.2, 0.25) is 10.0 Å². The SMILES string of the molecule is CC(C)C[C@H](CNS(=O)(=O)c1cccc(F)c1)N1CCOCC1. The first kappa shape index (κ1) is 18.3. The minimum absolute atomic E-state index is 0.0391. The summed E-state index contributed by atoms with van der Waals surface area (Å²) in [4.78, 5) is 2.22. The molecule has 1 aromatic carbocycles. The number of nitrogens with zero attached hydrogens (tertiary/aromatic N) is 1. The fourth-order valence-electron chi connectivity index (χ4n) is 2.77. The summed E-state index contributed by atoms with van der Waals surface area (Å²) in [7, 11) is -3.70. The summed E-state index contributed by atoms with van der Waals surface area (Å²) in [5, 5.41) is 0. The normalized spacial score (nSPS) is 18.3. The molecule has 1 saturated heterocycles. The first-order chi connectivity index (χ1) is 10.9. The number of sulfonamides is 1. The molecule has 7 heteroatoms. The van der Waals surface area contributed by atoms with E-state index in [0.29, 0.717) is 25.7 Å². The summed E-state index contributed by atoms with van der Waals surface area (Å²) >= 11 is 0. The van der Waals surface area contributed by atoms with Gasteiger partial charge in [0.1, 0.15) is 5.82 Å². The lowest BCUT2D eigenvalue weighted by Gasteiger charge is -2.35. The highest BCUT2D eigenvalue weighted by molar-refractivity contribution is 7.89. The van der Waals surface area contributed by atoms with Crippen molar-refractivity contribution >= 4 is 10.0 Å². The monoisotopic (exact) mass is 344 g/mol. The van der Waals surface area contributed by atoms with Crippen molar-refractivity contribution in [1.82, 2.24) is 9.62 Å². The minimum Gasteiger partial charge on any atom is -0.379 e. The van der Waals surface area contributed by atoms with Gasteiger partial charge in [0.05, 0.1) is 18.1 Å². The van der Waals surface area contributed by atoms with Crippen molar-refractivity contribution in [2.24, 2.45) is 5.92 Å². The third kappa shape index (κ3) is 5.53. The maximum absolute atomic E-state index is 13.2. The summed E-state index contributed by atoms with van der Waals surface area (Å²) < 4.78 is 45.9. The minimum atomic E-state index is -3.70. The second kappa shape index (κ2) is 8.19. The van der Waals surface area contributed by atoms with Crippen LogP contribution in [0.15, 0.2) is 29.2 Å². The Morgan fingerprint density at radius 1 is 1.30 bits per heavy atom. The predicted octanol–water partition coefficient (Wildman–Crippen LogP) is 1.85. The fraction of sp³-hybridized carbons (Fsp3) is 0.625. The van der Waals surface area contributed by atoms with E-state index in [1.54, 1.807) is 0 Å². The summed E-state index contributed by atoms with van der Waals surface area (Å²) in [6, 6.07) is 5.18. The molecule has 5 nitrogen and oxygen atoms in total. The van der Waals surface area contributed by atoms with E-state index in [1.807, 2.05) is 0 Å². The summed E-state index contributed by atoms with van der Waals surface area (Å²) in [5.74, 6) is -0.0960. The highest BCUT2D eigenvalue weighted by Gasteiger charge is 2.24. The number of halogens is 1. The number of nitrogens with one attached hydrogen (secondary N) is 1. The fourth-order valence-corrected chi connectivity index (χ4v) is 3.88. The Bertz CT molecular complexity index is 601. The van der Waals surface area contributed by atoms with Crippen LogP contribution < -0.4 is 4.72 Å². The van der Waals surface area contributed by atoms with Crippen molar-refractivity contribution in [3.63, 3.8) is 0 Å². The van der Waals surface area contributed by atoms with Crippen molar-refractivity contribution in [2.45, 2.75) is 31.2 Å². The molecular weight excluding hydrogens is 319 g/mol. The van der Waals surface area contributed by atoms with Crippen LogP contribution in [-0.2, 0) is 14.8 Å². The molecule has 0 aliphatic carbocycles. The zero-order valence-corrected chi connectivity index (χ0v) is 14.5. The van der Waals surface area contributed by atoms with Crippen molar-refractivity contribution < 1.29 is 17.5 Å². The van der Waals surface area contributed by atoms with Gasteiger partial charge in [0, 0.05) is 25.7 Å². The standard InChI is InChI=1S/C16H25FN2O3S/c1-13(2)10-15(19-6-8-22-9-7-19)12-18-23(20,21)16-5-3-4-14(17)11-16/h3-5,11,13,15,18H,6-10,12H2,1-2H3/t15-/m1/s1. The number of hydrogen-bond acceptors (Lipinski definition) is 4. The molecule has 1 aliphatic heterocycles. The van der Waals surface area contributed by atoms with Gasteiger partial charge in [-0.05, 0) is 30.5 Å². The molecule has 1 aliphatic rings. The molecule has 1 N–H and O–H groups in total. The van der Waals surface area contributed by atoms with Crippen LogP contribution in [0.4, 0.5) is 4.39 Å². The molecule has 1 aromatic rings. The van der Waals surface area contributed by atoms with E-state index in [4.69, 9.17) is 4.74 Å². The molecule has 23 heavy (non-hydrogen) atoms. The molecule has 0 aromatic heterocycles. The second-order valence-corrected chi connectivity index (χ2v) is 8.01. The van der Waals surface area contributed by atoms with Gasteiger partial charge in [0.15, 0.2) is 0 Å². The van der Waals surface area contributed by atoms with Crippen LogP contribution in [0.25, 0.3) is 0 Å². The van der Waals surface area contributed by atoms with Crippen molar-refractivity contribution in [1.29, 1.82) is 0 Å². The molecule has 0 amide bonds. The smallest absolute Gasteiger partial charge is 0.240 e. The Labute approximate surface area is 137 Å². The van der Waals surface area contributed by atoms with Gasteiger partial charge in [-0.15, -0.1) is 0 Å². The van der Waals surface area contributed by atoms with E-state index < -0.39 is 15.8 Å². The van der Waals surface area contributed by atoms with Crippen LogP contribution in [0.3, 0.4) is 0 Å². The molecule has 1 fully saturated rings. The van der Waals surface area contributed by atoms with Crippen LogP contribution in [-0.4, -0.2) is 52.2 Å². The average molecular weight is 344 g/mol. The third-order valence-electron chi connectivity index (χ3n) is 3.92. The number of morpholine rings is 1. The van der Waals surface area contributed by atoms with Crippen LogP contribution >= 0.6 is 0 Å². The number of benzene rings is 1. The lowest BCUT2D eigenvalue weighted by atomic mass is 10.0. The van der Waals surface area contributed by atoms with Gasteiger partial charge in [-0.1, -0.05) is 19.9 Å². The Morgan fingerprint density at radius 2 is 2.00 bits per heavy atom. The molecule has 1 heterocycles. The molecule has 130 valence electrons. The maximum atomic E-state index is 13.2. The van der Waals surface area contributed by atoms with Gasteiger partial charge in [0.25, 0.3) is 0 Å². The average Bonchev–Trinajstić information content (AvgIpc) is 2.52. The summed E-state index contributed by atoms with van der Waals surface area (Å²) in [6.07, 6.45) is 0.895. The third-order valence-corrected chi connectivity index (χ3v) is 5.34. The molecular formula is C16H25FN2O3S. The highest BCUT2D eigenvalue weighted by atomic mass is 32.2. The predicted molar refractivity (Wildman–Crippen MR) is 87.2 cm³/mol. The number of hydrogen-bond donors (Lipinski definition) is 1. The lowest BCUT2D eigenvalue weighted by molar-refractivity contribution is 0.0134. The Hall–Kier alpha value is -1.02. The van der Waals surface area contributed by atoms with Crippen molar-refractivity contribution in [2.75, 3.05) is 32.8 Å². The van der Waals surface area contributed by atoms with E-state index in [1.165, 1.54) is 18.2 Å². The summed E-state index contributed by atoms with van der Waals surface area (Å²) in [5.41, 5.74) is 0. The number of rotatable bonds is 7. The van der Waals surface area contributed by atoms with Crippen LogP contribution in [0.1, 0.15) is 20.3 Å². The Balaban J connectivity index is 2.04. The van der Waals surface area contributed by atoms with E-state index in [9.17, 15) is 12.8 Å². The first-order valence-electron chi connectivity index (χ1n) is 7.95. The largest absolute Gasteiger partial charge is 0.379 e. The first-order valence-corrected chi connectivity index (χ1v) is 9.44. The van der Waals surface area contributed by atoms with E-state index in [2.05, 4.69) is 23.5 Å². The van der Waals surface area contributed by atoms with Gasteiger partial charge in [-0.3, -0.25) is 4.90 Å². The zero-order chi connectivity index (χ0) is 16.9. The van der Waals surface area contributed by atoms with Crippen molar-refractivity contribution in [3.8, 4) is 0 Å². The topological polar surface area (TPSA) is 58.6 Å². The molecule has 1 atom stereocenters. The Morgan fingerprint density at radius 3 is 2.61 bits per heavy atom. The zero-order valence-electron chi connectivity index (χ0n) is 13.7. The van der Waals surface area contributed by atoms with Crippen LogP contribution in [0, 0.1) is 11.7 Å².